The highest BCUT2D eigenvalue weighted by atomic mass is 32.2. The molecule has 1 amide bonds. The minimum Gasteiger partial charge on any atom is -0.325 e. The van der Waals surface area contributed by atoms with Gasteiger partial charge in [0.25, 0.3) is 0 Å². The Balaban J connectivity index is 2.04. The normalized spacial score (nSPS) is 11.6. The second-order valence-electron chi connectivity index (χ2n) is 5.28. The number of para-hydroxylation sites is 1. The fourth-order valence-corrected chi connectivity index (χ4v) is 3.07. The minimum absolute atomic E-state index is 0.0439. The van der Waals surface area contributed by atoms with Crippen LogP contribution < -0.4 is 5.32 Å². The summed E-state index contributed by atoms with van der Waals surface area (Å²) < 4.78 is 40.8. The predicted molar refractivity (Wildman–Crippen MR) is 90.5 cm³/mol. The maximum absolute atomic E-state index is 13.0. The van der Waals surface area contributed by atoms with E-state index in [4.69, 9.17) is 0 Å². The van der Waals surface area contributed by atoms with E-state index >= 15 is 0 Å². The molecule has 2 rings (SSSR count). The number of amides is 1. The molecule has 0 unspecified atom stereocenters. The molecule has 0 aliphatic heterocycles. The largest absolute Gasteiger partial charge is 0.418 e. The predicted octanol–water partition coefficient (Wildman–Crippen LogP) is 4.00. The maximum Gasteiger partial charge on any atom is 0.418 e. The van der Waals surface area contributed by atoms with Gasteiger partial charge in [0.2, 0.25) is 5.91 Å². The van der Waals surface area contributed by atoms with Crippen molar-refractivity contribution in [3.05, 3.63) is 35.7 Å². The van der Waals surface area contributed by atoms with Gasteiger partial charge in [0, 0.05) is 13.0 Å². The van der Waals surface area contributed by atoms with Crippen LogP contribution in [-0.2, 0) is 23.9 Å². The van der Waals surface area contributed by atoms with Crippen LogP contribution in [0.15, 0.2) is 29.4 Å². The van der Waals surface area contributed by atoms with E-state index in [1.54, 1.807) is 0 Å². The summed E-state index contributed by atoms with van der Waals surface area (Å²) in [7, 11) is 0. The van der Waals surface area contributed by atoms with E-state index in [0.29, 0.717) is 5.16 Å². The third-order valence-corrected chi connectivity index (χ3v) is 4.36. The highest BCUT2D eigenvalue weighted by molar-refractivity contribution is 7.99. The van der Waals surface area contributed by atoms with E-state index < -0.39 is 17.6 Å². The zero-order valence-corrected chi connectivity index (χ0v) is 14.7. The van der Waals surface area contributed by atoms with Gasteiger partial charge in [0.15, 0.2) is 5.16 Å². The van der Waals surface area contributed by atoms with E-state index in [1.165, 1.54) is 18.2 Å². The zero-order chi connectivity index (χ0) is 18.4. The number of nitrogens with one attached hydrogen (secondary N) is 1. The third kappa shape index (κ3) is 4.97. The van der Waals surface area contributed by atoms with Crippen LogP contribution in [0.2, 0.25) is 0 Å². The maximum atomic E-state index is 13.0. The molecule has 0 radical (unpaired) electrons. The smallest absolute Gasteiger partial charge is 0.325 e. The molecule has 0 atom stereocenters. The van der Waals surface area contributed by atoms with Crippen molar-refractivity contribution in [2.45, 2.75) is 44.6 Å². The summed E-state index contributed by atoms with van der Waals surface area (Å²) in [5.74, 6) is 0.260. The molecule has 0 aliphatic rings. The average molecular weight is 372 g/mol. The van der Waals surface area contributed by atoms with Gasteiger partial charge in [-0.25, -0.2) is 0 Å². The lowest BCUT2D eigenvalue weighted by Crippen LogP contribution is -2.18. The Kier molecular flexibility index (Phi) is 6.46. The van der Waals surface area contributed by atoms with E-state index in [-0.39, 0.29) is 11.4 Å². The van der Waals surface area contributed by atoms with Gasteiger partial charge in [-0.05, 0) is 18.6 Å². The van der Waals surface area contributed by atoms with Gasteiger partial charge in [-0.2, -0.15) is 13.2 Å². The SMILES string of the molecule is CCCn1c(CC)nnc1SCC(=O)Nc1ccccc1C(F)(F)F. The first-order chi connectivity index (χ1) is 11.9. The molecular formula is C16H19F3N4OS. The monoisotopic (exact) mass is 372 g/mol. The van der Waals surface area contributed by atoms with E-state index in [2.05, 4.69) is 15.5 Å². The number of carbonyl (C=O) groups excluding carboxylic acids is 1. The first-order valence-electron chi connectivity index (χ1n) is 7.87. The van der Waals surface area contributed by atoms with E-state index in [0.717, 1.165) is 43.0 Å². The lowest BCUT2D eigenvalue weighted by molar-refractivity contribution is -0.137. The van der Waals surface area contributed by atoms with Crippen LogP contribution >= 0.6 is 11.8 Å². The Morgan fingerprint density at radius 3 is 2.60 bits per heavy atom. The molecule has 0 spiro atoms. The van der Waals surface area contributed by atoms with Gasteiger partial charge in [0.1, 0.15) is 5.82 Å². The molecule has 0 aliphatic carbocycles. The van der Waals surface area contributed by atoms with Gasteiger partial charge >= 0.3 is 6.18 Å². The fraction of sp³-hybridized carbons (Fsp3) is 0.438. The summed E-state index contributed by atoms with van der Waals surface area (Å²) in [4.78, 5) is 12.1. The number of nitrogens with zero attached hydrogens (tertiary/aromatic N) is 3. The van der Waals surface area contributed by atoms with Crippen molar-refractivity contribution in [3.8, 4) is 0 Å². The Hall–Kier alpha value is -2.03. The second-order valence-corrected chi connectivity index (χ2v) is 6.23. The summed E-state index contributed by atoms with van der Waals surface area (Å²) in [6.45, 7) is 4.72. The van der Waals surface area contributed by atoms with Crippen molar-refractivity contribution < 1.29 is 18.0 Å². The van der Waals surface area contributed by atoms with Crippen LogP contribution in [-0.4, -0.2) is 26.4 Å². The van der Waals surface area contributed by atoms with Crippen LogP contribution in [0, 0.1) is 0 Å². The summed E-state index contributed by atoms with van der Waals surface area (Å²) in [5.41, 5.74) is -1.11. The van der Waals surface area contributed by atoms with Crippen molar-refractivity contribution in [1.29, 1.82) is 0 Å². The summed E-state index contributed by atoms with van der Waals surface area (Å²) >= 11 is 1.16. The van der Waals surface area contributed by atoms with E-state index in [9.17, 15) is 18.0 Å². The number of anilines is 1. The topological polar surface area (TPSA) is 59.8 Å². The highest BCUT2D eigenvalue weighted by Gasteiger charge is 2.33. The fourth-order valence-electron chi connectivity index (χ4n) is 2.29. The van der Waals surface area contributed by atoms with Crippen LogP contribution in [0.1, 0.15) is 31.7 Å². The van der Waals surface area contributed by atoms with Crippen LogP contribution in [0.5, 0.6) is 0 Å². The van der Waals surface area contributed by atoms with Crippen molar-refractivity contribution in [2.24, 2.45) is 0 Å². The molecule has 0 saturated heterocycles. The molecular weight excluding hydrogens is 353 g/mol. The summed E-state index contributed by atoms with van der Waals surface area (Å²) in [6.07, 6.45) is -2.91. The zero-order valence-electron chi connectivity index (χ0n) is 13.9. The standard InChI is InChI=1S/C16H19F3N4OS/c1-3-9-23-13(4-2)21-22-15(23)25-10-14(24)20-12-8-6-5-7-11(12)16(17,18)19/h5-8H,3-4,9-10H2,1-2H3,(H,20,24). The number of aromatic nitrogens is 3. The van der Waals surface area contributed by atoms with Gasteiger partial charge in [-0.15, -0.1) is 10.2 Å². The lowest BCUT2D eigenvalue weighted by atomic mass is 10.1. The number of hydrogen-bond acceptors (Lipinski definition) is 4. The lowest BCUT2D eigenvalue weighted by Gasteiger charge is -2.13. The average Bonchev–Trinajstić information content (AvgIpc) is 2.95. The van der Waals surface area contributed by atoms with Crippen LogP contribution in [0.3, 0.4) is 0 Å². The molecule has 1 heterocycles. The van der Waals surface area contributed by atoms with Crippen molar-refractivity contribution in [1.82, 2.24) is 14.8 Å². The van der Waals surface area contributed by atoms with Gasteiger partial charge in [-0.1, -0.05) is 37.7 Å². The Morgan fingerprint density at radius 2 is 1.96 bits per heavy atom. The molecule has 0 bridgehead atoms. The van der Waals surface area contributed by atoms with E-state index in [1.807, 2.05) is 18.4 Å². The van der Waals surface area contributed by atoms with Gasteiger partial charge in [-0.3, -0.25) is 4.79 Å². The highest BCUT2D eigenvalue weighted by Crippen LogP contribution is 2.34. The van der Waals surface area contributed by atoms with Crippen LogP contribution in [0.25, 0.3) is 0 Å². The Morgan fingerprint density at radius 1 is 1.24 bits per heavy atom. The number of carbonyl (C=O) groups is 1. The molecule has 0 fully saturated rings. The number of halogens is 3. The number of benzene rings is 1. The molecule has 5 nitrogen and oxygen atoms in total. The van der Waals surface area contributed by atoms with Gasteiger partial charge in [0.05, 0.1) is 17.0 Å². The summed E-state index contributed by atoms with van der Waals surface area (Å²) in [5, 5.41) is 11.0. The van der Waals surface area contributed by atoms with Crippen molar-refractivity contribution in [2.75, 3.05) is 11.1 Å². The van der Waals surface area contributed by atoms with Crippen LogP contribution in [0.4, 0.5) is 18.9 Å². The first-order valence-corrected chi connectivity index (χ1v) is 8.86. The minimum atomic E-state index is -4.52. The molecule has 0 saturated carbocycles. The molecule has 1 aromatic carbocycles. The molecule has 2 aromatic rings. The Labute approximate surface area is 148 Å². The number of rotatable bonds is 7. The molecule has 1 aromatic heterocycles. The molecule has 25 heavy (non-hydrogen) atoms. The van der Waals surface area contributed by atoms with Crippen molar-refractivity contribution >= 4 is 23.4 Å². The summed E-state index contributed by atoms with van der Waals surface area (Å²) in [6, 6.07) is 4.91. The number of thioether (sulfide) groups is 1. The Bertz CT molecular complexity index is 730. The first kappa shape index (κ1) is 19.3. The molecule has 136 valence electrons. The second kappa shape index (κ2) is 8.37. The molecule has 9 heteroatoms. The number of alkyl halides is 3. The number of hydrogen-bond donors (Lipinski definition) is 1. The number of aryl methyl sites for hydroxylation is 1. The third-order valence-electron chi connectivity index (χ3n) is 3.40. The quantitative estimate of drug-likeness (QED) is 0.747. The molecule has 1 N–H and O–H groups in total. The van der Waals surface area contributed by atoms with Crippen molar-refractivity contribution in [3.63, 3.8) is 0 Å². The van der Waals surface area contributed by atoms with Gasteiger partial charge < -0.3 is 9.88 Å².